The van der Waals surface area contributed by atoms with Gasteiger partial charge in [0.2, 0.25) is 0 Å². The molecule has 0 saturated carbocycles. The van der Waals surface area contributed by atoms with E-state index in [2.05, 4.69) is 18.8 Å². The monoisotopic (exact) mass is 268 g/mol. The number of nitrogens with one attached hydrogen (secondary N) is 1. The quantitative estimate of drug-likeness (QED) is 0.341. The molecule has 1 N–H and O–H groups in total. The van der Waals surface area contributed by atoms with Gasteiger partial charge in [-0.15, -0.1) is 0 Å². The number of nitrogens with zero attached hydrogens (tertiary/aromatic N) is 1. The summed E-state index contributed by atoms with van der Waals surface area (Å²) in [6.45, 7) is 7.50. The topological polar surface area (TPSA) is 64.4 Å². The van der Waals surface area contributed by atoms with Crippen molar-refractivity contribution in [1.82, 2.24) is 5.32 Å². The number of hydrogen-bond acceptors (Lipinski definition) is 4. The SMILES string of the molecule is C=C(CNCCC)COc1ccc([N+](=O)[O-])cc1F. The fraction of sp³-hybridized carbons (Fsp3) is 0.385. The molecular formula is C13H17FN2O3. The Balaban J connectivity index is 2.49. The van der Waals surface area contributed by atoms with E-state index in [0.717, 1.165) is 24.6 Å². The van der Waals surface area contributed by atoms with Crippen molar-refractivity contribution in [3.63, 3.8) is 0 Å². The van der Waals surface area contributed by atoms with Crippen molar-refractivity contribution >= 4 is 5.69 Å². The van der Waals surface area contributed by atoms with Crippen LogP contribution in [0.3, 0.4) is 0 Å². The largest absolute Gasteiger partial charge is 0.486 e. The molecule has 0 aliphatic rings. The van der Waals surface area contributed by atoms with Crippen LogP contribution in [-0.2, 0) is 0 Å². The molecule has 0 spiro atoms. The van der Waals surface area contributed by atoms with Crippen LogP contribution in [0.5, 0.6) is 5.75 Å². The minimum absolute atomic E-state index is 0.0118. The lowest BCUT2D eigenvalue weighted by Gasteiger charge is -2.10. The molecule has 1 rings (SSSR count). The second kappa shape index (κ2) is 7.48. The molecular weight excluding hydrogens is 251 g/mol. The van der Waals surface area contributed by atoms with Gasteiger partial charge in [0.25, 0.3) is 5.69 Å². The molecule has 1 aromatic carbocycles. The smallest absolute Gasteiger partial charge is 0.272 e. The van der Waals surface area contributed by atoms with Crippen molar-refractivity contribution in [2.75, 3.05) is 19.7 Å². The first kappa shape index (κ1) is 15.1. The fourth-order valence-electron chi connectivity index (χ4n) is 1.39. The molecule has 0 bridgehead atoms. The average Bonchev–Trinajstić information content (AvgIpc) is 2.37. The van der Waals surface area contributed by atoms with Gasteiger partial charge in [-0.3, -0.25) is 10.1 Å². The first-order valence-electron chi connectivity index (χ1n) is 5.98. The first-order chi connectivity index (χ1) is 9.04. The third-order valence-corrected chi connectivity index (χ3v) is 2.36. The zero-order valence-corrected chi connectivity index (χ0v) is 10.8. The molecule has 0 aliphatic heterocycles. The maximum atomic E-state index is 13.5. The molecule has 0 heterocycles. The van der Waals surface area contributed by atoms with Crippen molar-refractivity contribution < 1.29 is 14.1 Å². The van der Waals surface area contributed by atoms with Crippen LogP contribution in [0.25, 0.3) is 0 Å². The second-order valence-corrected chi connectivity index (χ2v) is 4.09. The Bertz CT molecular complexity index is 463. The molecule has 19 heavy (non-hydrogen) atoms. The highest BCUT2D eigenvalue weighted by molar-refractivity contribution is 5.37. The van der Waals surface area contributed by atoms with Crippen LogP contribution in [0.2, 0.25) is 0 Å². The van der Waals surface area contributed by atoms with Crippen molar-refractivity contribution in [3.8, 4) is 5.75 Å². The first-order valence-corrected chi connectivity index (χ1v) is 5.98. The Morgan fingerprint density at radius 3 is 2.89 bits per heavy atom. The van der Waals surface area contributed by atoms with Crippen molar-refractivity contribution in [1.29, 1.82) is 0 Å². The lowest BCUT2D eigenvalue weighted by molar-refractivity contribution is -0.385. The van der Waals surface area contributed by atoms with Crippen LogP contribution in [0.4, 0.5) is 10.1 Å². The minimum Gasteiger partial charge on any atom is -0.486 e. The van der Waals surface area contributed by atoms with Gasteiger partial charge in [0.1, 0.15) is 6.61 Å². The van der Waals surface area contributed by atoms with Gasteiger partial charge in [0.15, 0.2) is 11.6 Å². The summed E-state index contributed by atoms with van der Waals surface area (Å²) in [5.74, 6) is -0.759. The maximum Gasteiger partial charge on any atom is 0.272 e. The highest BCUT2D eigenvalue weighted by Crippen LogP contribution is 2.22. The number of halogens is 1. The molecule has 0 unspecified atom stereocenters. The van der Waals surface area contributed by atoms with Gasteiger partial charge in [0.05, 0.1) is 11.0 Å². The van der Waals surface area contributed by atoms with Gasteiger partial charge in [-0.2, -0.15) is 0 Å². The van der Waals surface area contributed by atoms with E-state index in [4.69, 9.17) is 4.74 Å². The minimum atomic E-state index is -0.747. The van der Waals surface area contributed by atoms with E-state index in [1.54, 1.807) is 0 Å². The van der Waals surface area contributed by atoms with Crippen LogP contribution in [0.1, 0.15) is 13.3 Å². The average molecular weight is 268 g/mol. The summed E-state index contributed by atoms with van der Waals surface area (Å²) in [6, 6.07) is 3.30. The number of hydrogen-bond donors (Lipinski definition) is 1. The molecule has 5 nitrogen and oxygen atoms in total. The van der Waals surface area contributed by atoms with Crippen LogP contribution in [0, 0.1) is 15.9 Å². The molecule has 0 aliphatic carbocycles. The van der Waals surface area contributed by atoms with E-state index in [9.17, 15) is 14.5 Å². The van der Waals surface area contributed by atoms with Gasteiger partial charge in [-0.1, -0.05) is 13.5 Å². The number of nitro groups is 1. The number of non-ortho nitro benzene ring substituents is 1. The fourth-order valence-corrected chi connectivity index (χ4v) is 1.39. The number of ether oxygens (including phenoxy) is 1. The predicted molar refractivity (Wildman–Crippen MR) is 70.9 cm³/mol. The van der Waals surface area contributed by atoms with Crippen LogP contribution >= 0.6 is 0 Å². The molecule has 0 fully saturated rings. The Labute approximate surface area is 111 Å². The summed E-state index contributed by atoms with van der Waals surface area (Å²) < 4.78 is 18.7. The van der Waals surface area contributed by atoms with E-state index < -0.39 is 10.7 Å². The lowest BCUT2D eigenvalue weighted by atomic mass is 10.3. The Morgan fingerprint density at radius 2 is 2.32 bits per heavy atom. The summed E-state index contributed by atoms with van der Waals surface area (Å²) in [5, 5.41) is 13.6. The molecule has 1 aromatic rings. The molecule has 0 radical (unpaired) electrons. The highest BCUT2D eigenvalue weighted by atomic mass is 19.1. The molecule has 0 saturated heterocycles. The number of rotatable bonds is 8. The molecule has 0 atom stereocenters. The van der Waals surface area contributed by atoms with Gasteiger partial charge in [-0.05, 0) is 24.6 Å². The predicted octanol–water partition coefficient (Wildman–Crippen LogP) is 2.67. The van der Waals surface area contributed by atoms with E-state index in [1.807, 2.05) is 0 Å². The molecule has 6 heteroatoms. The van der Waals surface area contributed by atoms with Crippen LogP contribution in [-0.4, -0.2) is 24.6 Å². The van der Waals surface area contributed by atoms with Crippen LogP contribution in [0.15, 0.2) is 30.4 Å². The number of nitro benzene ring substituents is 1. The normalized spacial score (nSPS) is 10.2. The number of benzene rings is 1. The Morgan fingerprint density at radius 1 is 1.58 bits per heavy atom. The van der Waals surface area contributed by atoms with Crippen molar-refractivity contribution in [3.05, 3.63) is 46.3 Å². The second-order valence-electron chi connectivity index (χ2n) is 4.09. The lowest BCUT2D eigenvalue weighted by Crippen LogP contribution is -2.20. The van der Waals surface area contributed by atoms with Gasteiger partial charge in [0, 0.05) is 12.6 Å². The summed E-state index contributed by atoms with van der Waals surface area (Å²) in [6.07, 6.45) is 1.02. The summed E-state index contributed by atoms with van der Waals surface area (Å²) in [7, 11) is 0. The van der Waals surface area contributed by atoms with E-state index >= 15 is 0 Å². The van der Waals surface area contributed by atoms with Gasteiger partial charge in [-0.25, -0.2) is 4.39 Å². The highest BCUT2D eigenvalue weighted by Gasteiger charge is 2.11. The van der Waals surface area contributed by atoms with Crippen LogP contribution < -0.4 is 10.1 Å². The maximum absolute atomic E-state index is 13.5. The van der Waals surface area contributed by atoms with E-state index in [0.29, 0.717) is 6.54 Å². The Hall–Kier alpha value is -1.95. The molecule has 0 amide bonds. The standard InChI is InChI=1S/C13H17FN2O3/c1-3-6-15-8-10(2)9-19-13-5-4-11(16(17)18)7-12(13)14/h4-5,7,15H,2-3,6,8-9H2,1H3. The van der Waals surface area contributed by atoms with Crippen molar-refractivity contribution in [2.24, 2.45) is 0 Å². The summed E-state index contributed by atoms with van der Waals surface area (Å²) in [4.78, 5) is 9.80. The van der Waals surface area contributed by atoms with Gasteiger partial charge < -0.3 is 10.1 Å². The third-order valence-electron chi connectivity index (χ3n) is 2.36. The zero-order valence-electron chi connectivity index (χ0n) is 10.8. The van der Waals surface area contributed by atoms with Crippen molar-refractivity contribution in [2.45, 2.75) is 13.3 Å². The zero-order chi connectivity index (χ0) is 14.3. The third kappa shape index (κ3) is 5.05. The summed E-state index contributed by atoms with van der Waals surface area (Å²) in [5.41, 5.74) is 0.486. The molecule has 104 valence electrons. The van der Waals surface area contributed by atoms with Gasteiger partial charge >= 0.3 is 0 Å². The Kier molecular flexibility index (Phi) is 5.95. The summed E-state index contributed by atoms with van der Waals surface area (Å²) >= 11 is 0. The molecule has 0 aromatic heterocycles. The van der Waals surface area contributed by atoms with E-state index in [-0.39, 0.29) is 18.0 Å². The van der Waals surface area contributed by atoms with E-state index in [1.165, 1.54) is 12.1 Å².